The van der Waals surface area contributed by atoms with E-state index in [9.17, 15) is 18.0 Å². The van der Waals surface area contributed by atoms with Gasteiger partial charge in [-0.05, 0) is 48.2 Å². The Balaban J connectivity index is 1.70. The lowest BCUT2D eigenvalue weighted by Crippen LogP contribution is -2.21. The number of benzene rings is 2. The number of cyclic esters (lactones) is 1. The molecule has 0 aliphatic carbocycles. The highest BCUT2D eigenvalue weighted by Crippen LogP contribution is 2.31. The largest absolute Gasteiger partial charge is 0.573 e. The molecule has 2 aromatic rings. The highest BCUT2D eigenvalue weighted by molar-refractivity contribution is 5.75. The summed E-state index contributed by atoms with van der Waals surface area (Å²) in [5.74, 6) is -0.324. The summed E-state index contributed by atoms with van der Waals surface area (Å²) in [6, 6.07) is 13.3. The first-order chi connectivity index (χ1) is 12.8. The zero-order valence-corrected chi connectivity index (χ0v) is 14.7. The Morgan fingerprint density at radius 2 is 1.78 bits per heavy atom. The van der Waals surface area contributed by atoms with Crippen LogP contribution in [0.5, 0.6) is 11.5 Å². The second kappa shape index (κ2) is 7.90. The van der Waals surface area contributed by atoms with E-state index in [4.69, 9.17) is 9.47 Å². The average molecular weight is 380 g/mol. The van der Waals surface area contributed by atoms with E-state index in [1.54, 1.807) is 13.2 Å². The summed E-state index contributed by atoms with van der Waals surface area (Å²) in [5.41, 5.74) is 1.64. The minimum Gasteiger partial charge on any atom is -0.497 e. The number of methoxy groups -OCH3 is 1. The Kier molecular flexibility index (Phi) is 5.58. The highest BCUT2D eigenvalue weighted by atomic mass is 19.4. The molecule has 2 aromatic carbocycles. The number of ether oxygens (including phenoxy) is 3. The van der Waals surface area contributed by atoms with E-state index in [1.165, 1.54) is 18.2 Å². The lowest BCUT2D eigenvalue weighted by molar-refractivity contribution is -0.274. The van der Waals surface area contributed by atoms with Crippen molar-refractivity contribution in [2.24, 2.45) is 11.8 Å². The van der Waals surface area contributed by atoms with Crippen LogP contribution in [0, 0.1) is 11.8 Å². The Labute approximate surface area is 154 Å². The van der Waals surface area contributed by atoms with Gasteiger partial charge in [0, 0.05) is 5.92 Å². The van der Waals surface area contributed by atoms with Crippen LogP contribution in [0.2, 0.25) is 0 Å². The van der Waals surface area contributed by atoms with Crippen LogP contribution in [-0.2, 0) is 22.4 Å². The highest BCUT2D eigenvalue weighted by Gasteiger charge is 2.37. The summed E-state index contributed by atoms with van der Waals surface area (Å²) >= 11 is 0. The fraction of sp³-hybridized carbons (Fsp3) is 0.350. The molecule has 0 saturated carbocycles. The van der Waals surface area contributed by atoms with Crippen molar-refractivity contribution in [1.82, 2.24) is 0 Å². The fourth-order valence-corrected chi connectivity index (χ4v) is 3.24. The van der Waals surface area contributed by atoms with Gasteiger partial charge < -0.3 is 14.2 Å². The summed E-state index contributed by atoms with van der Waals surface area (Å²) in [6.45, 7) is 0.300. The number of carbonyl (C=O) groups is 1. The number of esters is 1. The van der Waals surface area contributed by atoms with Crippen molar-refractivity contribution in [3.8, 4) is 11.5 Å². The molecular weight excluding hydrogens is 361 g/mol. The van der Waals surface area contributed by atoms with E-state index in [1.807, 2.05) is 24.3 Å². The lowest BCUT2D eigenvalue weighted by Gasteiger charge is -2.16. The molecule has 2 atom stereocenters. The third kappa shape index (κ3) is 5.15. The molecule has 0 N–H and O–H groups in total. The maximum Gasteiger partial charge on any atom is 0.573 e. The molecule has 27 heavy (non-hydrogen) atoms. The molecule has 0 bridgehead atoms. The molecular formula is C20H19F3O4. The molecule has 0 spiro atoms. The molecule has 1 saturated heterocycles. The molecule has 3 rings (SSSR count). The van der Waals surface area contributed by atoms with Crippen LogP contribution < -0.4 is 9.47 Å². The summed E-state index contributed by atoms with van der Waals surface area (Å²) in [5, 5.41) is 0. The molecule has 1 aliphatic rings. The van der Waals surface area contributed by atoms with Crippen LogP contribution in [0.25, 0.3) is 0 Å². The zero-order chi connectivity index (χ0) is 19.4. The minimum atomic E-state index is -4.75. The maximum atomic E-state index is 12.4. The number of carbonyl (C=O) groups excluding carboxylic acids is 1. The predicted molar refractivity (Wildman–Crippen MR) is 91.5 cm³/mol. The van der Waals surface area contributed by atoms with Crippen LogP contribution in [0.15, 0.2) is 48.5 Å². The number of hydrogen-bond donors (Lipinski definition) is 0. The van der Waals surface area contributed by atoms with Crippen LogP contribution in [0.1, 0.15) is 11.1 Å². The van der Waals surface area contributed by atoms with Crippen molar-refractivity contribution in [3.63, 3.8) is 0 Å². The van der Waals surface area contributed by atoms with E-state index in [-0.39, 0.29) is 17.6 Å². The van der Waals surface area contributed by atoms with Gasteiger partial charge in [-0.3, -0.25) is 4.79 Å². The van der Waals surface area contributed by atoms with Crippen molar-refractivity contribution in [2.75, 3.05) is 13.7 Å². The fourth-order valence-electron chi connectivity index (χ4n) is 3.24. The van der Waals surface area contributed by atoms with Crippen LogP contribution in [0.3, 0.4) is 0 Å². The summed E-state index contributed by atoms with van der Waals surface area (Å²) in [7, 11) is 1.59. The smallest absolute Gasteiger partial charge is 0.497 e. The van der Waals surface area contributed by atoms with Gasteiger partial charge in [0.1, 0.15) is 11.5 Å². The number of rotatable bonds is 6. The minimum absolute atomic E-state index is 0.0434. The Bertz CT molecular complexity index is 787. The van der Waals surface area contributed by atoms with E-state index >= 15 is 0 Å². The van der Waals surface area contributed by atoms with Gasteiger partial charge in [-0.1, -0.05) is 24.3 Å². The van der Waals surface area contributed by atoms with Gasteiger partial charge in [-0.15, -0.1) is 13.2 Å². The zero-order valence-electron chi connectivity index (χ0n) is 14.7. The van der Waals surface area contributed by atoms with Gasteiger partial charge in [-0.2, -0.15) is 0 Å². The molecule has 7 heteroatoms. The first-order valence-electron chi connectivity index (χ1n) is 8.48. The number of halogens is 3. The molecule has 2 unspecified atom stereocenters. The van der Waals surface area contributed by atoms with Gasteiger partial charge in [0.25, 0.3) is 0 Å². The van der Waals surface area contributed by atoms with Gasteiger partial charge in [0.15, 0.2) is 0 Å². The van der Waals surface area contributed by atoms with Crippen molar-refractivity contribution in [1.29, 1.82) is 0 Å². The standard InChI is InChI=1S/C20H19F3O4/c1-25-16-7-5-13(6-8-16)9-15-12-26-19(24)18(15)11-14-3-2-4-17(10-14)27-20(21,22)23/h2-8,10,15,18H,9,11-12H2,1H3. The van der Waals surface area contributed by atoms with E-state index < -0.39 is 12.3 Å². The quantitative estimate of drug-likeness (QED) is 0.706. The second-order valence-corrected chi connectivity index (χ2v) is 6.45. The number of alkyl halides is 3. The van der Waals surface area contributed by atoms with Crippen LogP contribution in [0.4, 0.5) is 13.2 Å². The Hall–Kier alpha value is -2.70. The predicted octanol–water partition coefficient (Wildman–Crippen LogP) is 4.17. The molecule has 0 aromatic heterocycles. The van der Waals surface area contributed by atoms with E-state index in [0.29, 0.717) is 25.0 Å². The monoisotopic (exact) mass is 380 g/mol. The third-order valence-corrected chi connectivity index (χ3v) is 4.56. The van der Waals surface area contributed by atoms with E-state index in [2.05, 4.69) is 4.74 Å². The first kappa shape index (κ1) is 19.1. The normalized spacial score (nSPS) is 19.6. The summed E-state index contributed by atoms with van der Waals surface area (Å²) < 4.78 is 51.5. The van der Waals surface area contributed by atoms with E-state index in [0.717, 1.165) is 11.3 Å². The van der Waals surface area contributed by atoms with Crippen molar-refractivity contribution < 1.29 is 32.2 Å². The maximum absolute atomic E-state index is 12.4. The van der Waals surface area contributed by atoms with Crippen molar-refractivity contribution in [2.45, 2.75) is 19.2 Å². The Morgan fingerprint density at radius 3 is 2.44 bits per heavy atom. The molecule has 0 radical (unpaired) electrons. The third-order valence-electron chi connectivity index (χ3n) is 4.56. The first-order valence-corrected chi connectivity index (χ1v) is 8.48. The second-order valence-electron chi connectivity index (χ2n) is 6.45. The summed E-state index contributed by atoms with van der Waals surface area (Å²) in [6.07, 6.45) is -3.81. The average Bonchev–Trinajstić information content (AvgIpc) is 2.94. The lowest BCUT2D eigenvalue weighted by atomic mass is 9.85. The topological polar surface area (TPSA) is 44.8 Å². The molecule has 144 valence electrons. The Morgan fingerprint density at radius 1 is 1.04 bits per heavy atom. The molecule has 1 heterocycles. The van der Waals surface area contributed by atoms with Gasteiger partial charge in [-0.25, -0.2) is 0 Å². The molecule has 4 nitrogen and oxygen atoms in total. The SMILES string of the molecule is COc1ccc(CC2COC(=O)C2Cc2cccc(OC(F)(F)F)c2)cc1. The molecule has 0 amide bonds. The van der Waals surface area contributed by atoms with Crippen LogP contribution >= 0.6 is 0 Å². The number of hydrogen-bond acceptors (Lipinski definition) is 4. The van der Waals surface area contributed by atoms with Crippen molar-refractivity contribution in [3.05, 3.63) is 59.7 Å². The van der Waals surface area contributed by atoms with Crippen LogP contribution in [-0.4, -0.2) is 26.0 Å². The van der Waals surface area contributed by atoms with Crippen molar-refractivity contribution >= 4 is 5.97 Å². The molecule has 1 aliphatic heterocycles. The van der Waals surface area contributed by atoms with Gasteiger partial charge in [0.2, 0.25) is 0 Å². The van der Waals surface area contributed by atoms with Gasteiger partial charge in [0.05, 0.1) is 19.6 Å². The summed E-state index contributed by atoms with van der Waals surface area (Å²) in [4.78, 5) is 12.1. The van der Waals surface area contributed by atoms with Gasteiger partial charge >= 0.3 is 12.3 Å². The molecule has 1 fully saturated rings.